The number of hydrogen-bond acceptors (Lipinski definition) is 0. The minimum atomic E-state index is -1.17. The van der Waals surface area contributed by atoms with Crippen molar-refractivity contribution >= 4 is 0 Å². The highest BCUT2D eigenvalue weighted by molar-refractivity contribution is 4.68. The lowest BCUT2D eigenvalue weighted by Gasteiger charge is -1.96. The number of alkyl halides is 1. The van der Waals surface area contributed by atoms with Gasteiger partial charge in [0.25, 0.3) is 0 Å². The van der Waals surface area contributed by atoms with Crippen LogP contribution in [0.3, 0.4) is 0 Å². The molecule has 0 fully saturated rings. The van der Waals surface area contributed by atoms with E-state index in [2.05, 4.69) is 6.58 Å². The van der Waals surface area contributed by atoms with Gasteiger partial charge in [-0.25, -0.2) is 9.50 Å². The van der Waals surface area contributed by atoms with Gasteiger partial charge in [0.15, 0.2) is 0 Å². The molecule has 0 spiro atoms. The minimum absolute atomic E-state index is 0.326. The molecule has 47 valence electrons. The lowest BCUT2D eigenvalue weighted by Crippen LogP contribution is -2.02. The molecule has 0 saturated carbocycles. The van der Waals surface area contributed by atoms with Gasteiger partial charge in [-0.1, -0.05) is 6.08 Å². The summed E-state index contributed by atoms with van der Waals surface area (Å²) >= 11 is 0. The summed E-state index contributed by atoms with van der Waals surface area (Å²) in [5.41, 5.74) is 0. The van der Waals surface area contributed by atoms with Crippen LogP contribution in [0.25, 0.3) is 0 Å². The Bertz CT molecular complexity index is 63.5. The molecule has 0 N–H and O–H groups in total. The Morgan fingerprint density at radius 3 is 2.75 bits per heavy atom. The zero-order valence-corrected chi connectivity index (χ0v) is 4.77. The van der Waals surface area contributed by atoms with E-state index < -0.39 is 12.8 Å². The van der Waals surface area contributed by atoms with Gasteiger partial charge in [0.1, 0.15) is 12.8 Å². The van der Waals surface area contributed by atoms with Gasteiger partial charge in [0, 0.05) is 0 Å². The van der Waals surface area contributed by atoms with Crippen LogP contribution in [0.5, 0.6) is 0 Å². The van der Waals surface area contributed by atoms with Gasteiger partial charge in [0.05, 0.1) is 0 Å². The second-order valence-corrected chi connectivity index (χ2v) is 1.63. The monoisotopic (exact) mass is 117 g/mol. The van der Waals surface area contributed by atoms with Crippen LogP contribution in [0, 0.1) is 0 Å². The first-order valence-electron chi connectivity index (χ1n) is 2.64. The largest absolute Gasteiger partial charge is 0.245 e. The number of allylic oxidation sites excluding steroid dienone is 1. The molecule has 0 bridgehead atoms. The molecule has 0 aromatic heterocycles. The zero-order valence-electron chi connectivity index (χ0n) is 4.77. The SMILES string of the molecule is C=CCCC(F)C[O]. The summed E-state index contributed by atoms with van der Waals surface area (Å²) in [5.74, 6) is 0. The summed E-state index contributed by atoms with van der Waals surface area (Å²) in [4.78, 5) is 0. The van der Waals surface area contributed by atoms with E-state index in [1.165, 1.54) is 0 Å². The van der Waals surface area contributed by atoms with Crippen molar-refractivity contribution in [3.8, 4) is 0 Å². The summed E-state index contributed by atoms with van der Waals surface area (Å²) in [6, 6.07) is 0. The molecule has 0 aliphatic heterocycles. The first kappa shape index (κ1) is 7.63. The standard InChI is InChI=1S/C6H10FO/c1-2-3-4-6(7)5-8/h2,6H,1,3-5H2. The Morgan fingerprint density at radius 1 is 1.75 bits per heavy atom. The molecule has 0 aliphatic rings. The lowest BCUT2D eigenvalue weighted by atomic mass is 10.2. The van der Waals surface area contributed by atoms with E-state index in [0.717, 1.165) is 0 Å². The minimum Gasteiger partial charge on any atom is -0.245 e. The predicted molar refractivity (Wildman–Crippen MR) is 29.9 cm³/mol. The quantitative estimate of drug-likeness (QED) is 0.500. The zero-order chi connectivity index (χ0) is 6.41. The van der Waals surface area contributed by atoms with Crippen LogP contribution in [0.2, 0.25) is 0 Å². The van der Waals surface area contributed by atoms with E-state index in [0.29, 0.717) is 12.8 Å². The molecule has 1 atom stereocenters. The van der Waals surface area contributed by atoms with Crippen LogP contribution in [-0.2, 0) is 5.11 Å². The Balaban J connectivity index is 2.97. The van der Waals surface area contributed by atoms with E-state index in [1.54, 1.807) is 6.08 Å². The fourth-order valence-electron chi connectivity index (χ4n) is 0.382. The van der Waals surface area contributed by atoms with Gasteiger partial charge in [-0.05, 0) is 12.8 Å². The van der Waals surface area contributed by atoms with Crippen LogP contribution in [0.15, 0.2) is 12.7 Å². The third-order valence-electron chi connectivity index (χ3n) is 0.865. The summed E-state index contributed by atoms with van der Waals surface area (Å²) in [6.45, 7) is 2.78. The number of rotatable bonds is 4. The maximum absolute atomic E-state index is 12.0. The molecule has 0 amide bonds. The first-order chi connectivity index (χ1) is 3.81. The predicted octanol–water partition coefficient (Wildman–Crippen LogP) is 1.72. The summed E-state index contributed by atoms with van der Waals surface area (Å²) in [7, 11) is 0. The van der Waals surface area contributed by atoms with Crippen molar-refractivity contribution in [3.05, 3.63) is 12.7 Å². The molecular formula is C6H10FO. The van der Waals surface area contributed by atoms with Crippen LogP contribution in [0.4, 0.5) is 4.39 Å². The Labute approximate surface area is 48.8 Å². The van der Waals surface area contributed by atoms with Crippen molar-refractivity contribution < 1.29 is 9.50 Å². The highest BCUT2D eigenvalue weighted by atomic mass is 19.1. The normalized spacial score (nSPS) is 13.2. The molecule has 0 aliphatic carbocycles. The molecule has 0 saturated heterocycles. The van der Waals surface area contributed by atoms with Crippen LogP contribution in [0.1, 0.15) is 12.8 Å². The van der Waals surface area contributed by atoms with Gasteiger partial charge in [0.2, 0.25) is 0 Å². The molecule has 0 aromatic rings. The van der Waals surface area contributed by atoms with E-state index in [9.17, 15) is 9.50 Å². The van der Waals surface area contributed by atoms with Crippen molar-refractivity contribution in [2.75, 3.05) is 6.61 Å². The third-order valence-corrected chi connectivity index (χ3v) is 0.865. The fraction of sp³-hybridized carbons (Fsp3) is 0.667. The topological polar surface area (TPSA) is 19.9 Å². The molecule has 0 aromatic carbocycles. The Hall–Kier alpha value is -0.370. The average molecular weight is 117 g/mol. The molecule has 1 radical (unpaired) electrons. The van der Waals surface area contributed by atoms with Crippen molar-refractivity contribution in [3.63, 3.8) is 0 Å². The highest BCUT2D eigenvalue weighted by Crippen LogP contribution is 2.00. The second kappa shape index (κ2) is 4.78. The third kappa shape index (κ3) is 3.81. The molecular weight excluding hydrogens is 107 g/mol. The van der Waals surface area contributed by atoms with Crippen molar-refractivity contribution in [2.24, 2.45) is 0 Å². The van der Waals surface area contributed by atoms with Crippen LogP contribution >= 0.6 is 0 Å². The molecule has 0 heterocycles. The maximum atomic E-state index is 12.0. The molecule has 8 heavy (non-hydrogen) atoms. The molecule has 1 nitrogen and oxygen atoms in total. The molecule has 2 heteroatoms. The number of halogens is 1. The fourth-order valence-corrected chi connectivity index (χ4v) is 0.382. The van der Waals surface area contributed by atoms with Crippen LogP contribution < -0.4 is 0 Å². The van der Waals surface area contributed by atoms with E-state index in [1.807, 2.05) is 0 Å². The van der Waals surface area contributed by atoms with Gasteiger partial charge in [-0.15, -0.1) is 6.58 Å². The summed E-state index contributed by atoms with van der Waals surface area (Å²) in [5, 5.41) is 9.73. The second-order valence-electron chi connectivity index (χ2n) is 1.63. The van der Waals surface area contributed by atoms with Gasteiger partial charge < -0.3 is 0 Å². The summed E-state index contributed by atoms with van der Waals surface area (Å²) in [6.07, 6.45) is 1.37. The maximum Gasteiger partial charge on any atom is 0.127 e. The number of hydrogen-bond donors (Lipinski definition) is 0. The van der Waals surface area contributed by atoms with E-state index in [-0.39, 0.29) is 0 Å². The van der Waals surface area contributed by atoms with Gasteiger partial charge >= 0.3 is 0 Å². The van der Waals surface area contributed by atoms with Gasteiger partial charge in [-0.3, -0.25) is 0 Å². The Morgan fingerprint density at radius 2 is 2.38 bits per heavy atom. The van der Waals surface area contributed by atoms with Crippen molar-refractivity contribution in [2.45, 2.75) is 19.0 Å². The molecule has 1 unspecified atom stereocenters. The first-order valence-corrected chi connectivity index (χ1v) is 2.64. The Kier molecular flexibility index (Phi) is 4.56. The smallest absolute Gasteiger partial charge is 0.127 e. The molecule has 0 rings (SSSR count). The van der Waals surface area contributed by atoms with Crippen molar-refractivity contribution in [1.29, 1.82) is 0 Å². The van der Waals surface area contributed by atoms with Gasteiger partial charge in [-0.2, -0.15) is 0 Å². The average Bonchev–Trinajstić information content (AvgIpc) is 1.83. The summed E-state index contributed by atoms with van der Waals surface area (Å²) < 4.78 is 12.0. The highest BCUT2D eigenvalue weighted by Gasteiger charge is 2.01. The van der Waals surface area contributed by atoms with Crippen molar-refractivity contribution in [1.82, 2.24) is 0 Å². The van der Waals surface area contributed by atoms with Crippen LogP contribution in [-0.4, -0.2) is 12.8 Å². The lowest BCUT2D eigenvalue weighted by molar-refractivity contribution is 0.110. The van der Waals surface area contributed by atoms with E-state index in [4.69, 9.17) is 0 Å². The van der Waals surface area contributed by atoms with E-state index >= 15 is 0 Å².